The van der Waals surface area contributed by atoms with Crippen molar-refractivity contribution in [2.45, 2.75) is 32.3 Å². The van der Waals surface area contributed by atoms with Gasteiger partial charge in [0.2, 0.25) is 5.82 Å². The summed E-state index contributed by atoms with van der Waals surface area (Å²) in [5.41, 5.74) is 1.13. The molecule has 1 aliphatic heterocycles. The standard InChI is InChI=1S/C15H18BrN3OS/c16-13-7-5-12(6-8-13)11-20-15-14(17-21-18-15)19-9-3-1-2-4-10-19/h5-8H,1-4,9-11H2. The molecule has 0 aliphatic carbocycles. The maximum atomic E-state index is 5.88. The van der Waals surface area contributed by atoms with E-state index in [1.54, 1.807) is 0 Å². The van der Waals surface area contributed by atoms with Crippen molar-refractivity contribution in [2.75, 3.05) is 18.0 Å². The Balaban J connectivity index is 1.65. The topological polar surface area (TPSA) is 38.3 Å². The molecule has 0 atom stereocenters. The summed E-state index contributed by atoms with van der Waals surface area (Å²) >= 11 is 4.67. The molecule has 112 valence electrons. The van der Waals surface area contributed by atoms with E-state index in [2.05, 4.69) is 41.7 Å². The molecule has 1 saturated heterocycles. The van der Waals surface area contributed by atoms with E-state index < -0.39 is 0 Å². The van der Waals surface area contributed by atoms with E-state index in [-0.39, 0.29) is 0 Å². The maximum Gasteiger partial charge on any atom is 0.271 e. The Morgan fingerprint density at radius 2 is 1.76 bits per heavy atom. The normalized spacial score (nSPS) is 15.8. The van der Waals surface area contributed by atoms with Crippen LogP contribution in [0.2, 0.25) is 0 Å². The smallest absolute Gasteiger partial charge is 0.271 e. The van der Waals surface area contributed by atoms with Gasteiger partial charge in [-0.1, -0.05) is 40.9 Å². The zero-order chi connectivity index (χ0) is 14.5. The molecule has 0 unspecified atom stereocenters. The second kappa shape index (κ2) is 7.22. The third-order valence-corrected chi connectivity index (χ3v) is 4.67. The molecule has 6 heteroatoms. The van der Waals surface area contributed by atoms with Crippen LogP contribution in [0.5, 0.6) is 5.88 Å². The molecule has 0 saturated carbocycles. The summed E-state index contributed by atoms with van der Waals surface area (Å²) in [6.07, 6.45) is 5.07. The minimum Gasteiger partial charge on any atom is -0.470 e. The molecule has 0 radical (unpaired) electrons. The molecule has 2 heterocycles. The van der Waals surface area contributed by atoms with Gasteiger partial charge in [-0.3, -0.25) is 0 Å². The number of anilines is 1. The van der Waals surface area contributed by atoms with Crippen LogP contribution < -0.4 is 9.64 Å². The van der Waals surface area contributed by atoms with E-state index in [0.29, 0.717) is 12.5 Å². The molecular weight excluding hydrogens is 350 g/mol. The second-order valence-electron chi connectivity index (χ2n) is 5.21. The molecule has 21 heavy (non-hydrogen) atoms. The average Bonchev–Trinajstić information content (AvgIpc) is 2.80. The van der Waals surface area contributed by atoms with Crippen molar-refractivity contribution in [1.29, 1.82) is 0 Å². The zero-order valence-electron chi connectivity index (χ0n) is 11.8. The van der Waals surface area contributed by atoms with Crippen LogP contribution in [0.15, 0.2) is 28.7 Å². The Hall–Kier alpha value is -1.14. The SMILES string of the molecule is Brc1ccc(COc2nsnc2N2CCCCCC2)cc1. The lowest BCUT2D eigenvalue weighted by atomic mass is 10.2. The second-order valence-corrected chi connectivity index (χ2v) is 6.65. The summed E-state index contributed by atoms with van der Waals surface area (Å²) in [5, 5.41) is 0. The summed E-state index contributed by atoms with van der Waals surface area (Å²) < 4.78 is 15.7. The van der Waals surface area contributed by atoms with Crippen molar-refractivity contribution in [3.8, 4) is 5.88 Å². The van der Waals surface area contributed by atoms with Gasteiger partial charge in [-0.2, -0.15) is 4.37 Å². The zero-order valence-corrected chi connectivity index (χ0v) is 14.2. The average molecular weight is 368 g/mol. The van der Waals surface area contributed by atoms with Gasteiger partial charge in [0.1, 0.15) is 6.61 Å². The number of nitrogens with zero attached hydrogens (tertiary/aromatic N) is 3. The number of aromatic nitrogens is 2. The first kappa shape index (κ1) is 14.8. The lowest BCUT2D eigenvalue weighted by molar-refractivity contribution is 0.297. The lowest BCUT2D eigenvalue weighted by Crippen LogP contribution is -2.24. The van der Waals surface area contributed by atoms with Crippen LogP contribution in [0.1, 0.15) is 31.2 Å². The van der Waals surface area contributed by atoms with Crippen molar-refractivity contribution in [2.24, 2.45) is 0 Å². The van der Waals surface area contributed by atoms with Gasteiger partial charge in [0.25, 0.3) is 5.88 Å². The fourth-order valence-corrected chi connectivity index (χ4v) is 3.26. The quantitative estimate of drug-likeness (QED) is 0.808. The predicted octanol–water partition coefficient (Wildman–Crippen LogP) is 4.26. The number of benzene rings is 1. The molecule has 2 aromatic rings. The largest absolute Gasteiger partial charge is 0.470 e. The lowest BCUT2D eigenvalue weighted by Gasteiger charge is -2.20. The molecule has 0 bridgehead atoms. The van der Waals surface area contributed by atoms with Crippen LogP contribution in [-0.4, -0.2) is 21.8 Å². The van der Waals surface area contributed by atoms with Gasteiger partial charge in [-0.25, -0.2) is 0 Å². The molecule has 0 N–H and O–H groups in total. The third-order valence-electron chi connectivity index (χ3n) is 3.64. The number of ether oxygens (including phenoxy) is 1. The Morgan fingerprint density at radius 3 is 2.48 bits per heavy atom. The first-order chi connectivity index (χ1) is 10.3. The van der Waals surface area contributed by atoms with Crippen LogP contribution in [0.25, 0.3) is 0 Å². The third kappa shape index (κ3) is 3.95. The fraction of sp³-hybridized carbons (Fsp3) is 0.467. The number of hydrogen-bond donors (Lipinski definition) is 0. The highest BCUT2D eigenvalue weighted by Gasteiger charge is 2.18. The van der Waals surface area contributed by atoms with E-state index in [1.165, 1.54) is 37.4 Å². The first-order valence-corrected chi connectivity index (χ1v) is 8.80. The van der Waals surface area contributed by atoms with E-state index in [0.717, 1.165) is 28.9 Å². The predicted molar refractivity (Wildman–Crippen MR) is 89.1 cm³/mol. The monoisotopic (exact) mass is 367 g/mol. The molecule has 0 spiro atoms. The highest BCUT2D eigenvalue weighted by molar-refractivity contribution is 9.10. The highest BCUT2D eigenvalue weighted by atomic mass is 79.9. The van der Waals surface area contributed by atoms with Crippen molar-refractivity contribution >= 4 is 33.5 Å². The van der Waals surface area contributed by atoms with Crippen molar-refractivity contribution in [1.82, 2.24) is 8.75 Å². The van der Waals surface area contributed by atoms with Crippen LogP contribution >= 0.6 is 27.7 Å². The Morgan fingerprint density at radius 1 is 1.05 bits per heavy atom. The molecule has 1 aliphatic rings. The van der Waals surface area contributed by atoms with Crippen LogP contribution in [-0.2, 0) is 6.61 Å². The van der Waals surface area contributed by atoms with Crippen LogP contribution in [0, 0.1) is 0 Å². The summed E-state index contributed by atoms with van der Waals surface area (Å²) in [4.78, 5) is 2.31. The van der Waals surface area contributed by atoms with Crippen molar-refractivity contribution in [3.05, 3.63) is 34.3 Å². The molecule has 1 aromatic carbocycles. The van der Waals surface area contributed by atoms with Crippen LogP contribution in [0.4, 0.5) is 5.82 Å². The molecule has 0 amide bonds. The van der Waals surface area contributed by atoms with Gasteiger partial charge >= 0.3 is 0 Å². The molecule has 3 rings (SSSR count). The van der Waals surface area contributed by atoms with E-state index >= 15 is 0 Å². The van der Waals surface area contributed by atoms with Gasteiger partial charge in [-0.15, -0.1) is 4.37 Å². The maximum absolute atomic E-state index is 5.88. The molecule has 1 aromatic heterocycles. The van der Waals surface area contributed by atoms with Gasteiger partial charge in [0, 0.05) is 17.6 Å². The van der Waals surface area contributed by atoms with E-state index in [1.807, 2.05) is 12.1 Å². The van der Waals surface area contributed by atoms with Crippen molar-refractivity contribution < 1.29 is 4.74 Å². The number of rotatable bonds is 4. The molecular formula is C15H18BrN3OS. The summed E-state index contributed by atoms with van der Waals surface area (Å²) in [6, 6.07) is 8.15. The Labute approximate surface area is 137 Å². The van der Waals surface area contributed by atoms with E-state index in [4.69, 9.17) is 4.74 Å². The van der Waals surface area contributed by atoms with Gasteiger partial charge in [0.15, 0.2) is 0 Å². The van der Waals surface area contributed by atoms with Gasteiger partial charge in [-0.05, 0) is 30.5 Å². The molecule has 4 nitrogen and oxygen atoms in total. The van der Waals surface area contributed by atoms with Crippen molar-refractivity contribution in [3.63, 3.8) is 0 Å². The van der Waals surface area contributed by atoms with Gasteiger partial charge in [0.05, 0.1) is 11.7 Å². The first-order valence-electron chi connectivity index (χ1n) is 7.28. The summed E-state index contributed by atoms with van der Waals surface area (Å²) in [5.74, 6) is 1.59. The van der Waals surface area contributed by atoms with Gasteiger partial charge < -0.3 is 9.64 Å². The molecule has 1 fully saturated rings. The Bertz CT molecular complexity index is 565. The summed E-state index contributed by atoms with van der Waals surface area (Å²) in [7, 11) is 0. The van der Waals surface area contributed by atoms with Crippen LogP contribution in [0.3, 0.4) is 0 Å². The summed E-state index contributed by atoms with van der Waals surface area (Å²) in [6.45, 7) is 2.64. The van der Waals surface area contributed by atoms with E-state index in [9.17, 15) is 0 Å². The number of hydrogen-bond acceptors (Lipinski definition) is 5. The number of halogens is 1. The fourth-order valence-electron chi connectivity index (χ4n) is 2.47. The Kier molecular flexibility index (Phi) is 5.08. The minimum absolute atomic E-state index is 0.527. The highest BCUT2D eigenvalue weighted by Crippen LogP contribution is 2.28. The minimum atomic E-state index is 0.527.